The zero-order valence-electron chi connectivity index (χ0n) is 23.5. The van der Waals surface area contributed by atoms with E-state index in [0.29, 0.717) is 0 Å². The molecule has 190 valence electrons. The average Bonchev–Trinajstić information content (AvgIpc) is 2.79. The van der Waals surface area contributed by atoms with Crippen molar-refractivity contribution < 1.29 is 0 Å². The molecule has 1 aliphatic carbocycles. The lowest BCUT2D eigenvalue weighted by Crippen LogP contribution is -2.36. The summed E-state index contributed by atoms with van der Waals surface area (Å²) in [5.74, 6) is 7.29. The molecule has 7 atom stereocenters. The summed E-state index contributed by atoms with van der Waals surface area (Å²) in [6.45, 7) is 25.0. The zero-order valence-corrected chi connectivity index (χ0v) is 23.5. The largest absolute Gasteiger partial charge is 0.389 e. The van der Waals surface area contributed by atoms with Crippen molar-refractivity contribution in [1.29, 1.82) is 0 Å². The molecule has 0 aromatic heterocycles. The van der Waals surface area contributed by atoms with Gasteiger partial charge in [-0.05, 0) is 79.4 Å². The molecule has 1 nitrogen and oxygen atoms in total. The van der Waals surface area contributed by atoms with Crippen LogP contribution in [0, 0.1) is 47.3 Å². The molecular formula is C31H61N. The number of rotatable bonds is 17. The summed E-state index contributed by atoms with van der Waals surface area (Å²) in [7, 11) is 0. The highest BCUT2D eigenvalue weighted by atomic mass is 14.9. The Hall–Kier alpha value is -0.460. The van der Waals surface area contributed by atoms with E-state index in [1.807, 2.05) is 0 Å². The summed E-state index contributed by atoms with van der Waals surface area (Å²) < 4.78 is 0. The molecule has 1 fully saturated rings. The monoisotopic (exact) mass is 447 g/mol. The van der Waals surface area contributed by atoms with Crippen LogP contribution in [0.25, 0.3) is 0 Å². The number of unbranched alkanes of at least 4 members (excludes halogenated alkanes) is 2. The van der Waals surface area contributed by atoms with Crippen LogP contribution in [0.1, 0.15) is 132 Å². The molecule has 0 aliphatic heterocycles. The van der Waals surface area contributed by atoms with Gasteiger partial charge in [0.15, 0.2) is 0 Å². The Morgan fingerprint density at radius 3 is 2.09 bits per heavy atom. The number of nitrogens with one attached hydrogen (secondary N) is 1. The van der Waals surface area contributed by atoms with E-state index in [9.17, 15) is 0 Å². The molecule has 0 heterocycles. The standard InChI is InChI=1S/C31H61N/c1-10-28(11-2)31(13-4)23(5)18-17-21-32-24(6)19-15-14-16-20-30-22-29(12-3)26(8)25(7)27(30)9/h23,25-32H,6,10-22H2,1-5,7-9H3. The SMILES string of the molecule is C=C(CCCCCC1CC(CC)C(C)C(C)C1C)NCCCC(C)C(CC)C(CC)CC. The van der Waals surface area contributed by atoms with E-state index in [2.05, 4.69) is 67.3 Å². The van der Waals surface area contributed by atoms with Gasteiger partial charge in [0.1, 0.15) is 0 Å². The molecule has 0 radical (unpaired) electrons. The second-order valence-corrected chi connectivity index (χ2v) is 11.6. The first kappa shape index (κ1) is 29.6. The van der Waals surface area contributed by atoms with Crippen molar-refractivity contribution in [2.45, 2.75) is 132 Å². The molecule has 1 rings (SSSR count). The van der Waals surface area contributed by atoms with Crippen LogP contribution < -0.4 is 5.32 Å². The van der Waals surface area contributed by atoms with E-state index in [1.54, 1.807) is 0 Å². The van der Waals surface area contributed by atoms with Crippen LogP contribution in [0.3, 0.4) is 0 Å². The molecular weight excluding hydrogens is 386 g/mol. The summed E-state index contributed by atoms with van der Waals surface area (Å²) in [5.41, 5.74) is 1.27. The fourth-order valence-electron chi connectivity index (χ4n) is 7.08. The molecule has 1 heteroatoms. The Labute approximate surface area is 204 Å². The lowest BCUT2D eigenvalue weighted by Gasteiger charge is -2.44. The summed E-state index contributed by atoms with van der Waals surface area (Å²) >= 11 is 0. The van der Waals surface area contributed by atoms with E-state index in [4.69, 9.17) is 0 Å². The molecule has 0 spiro atoms. The fraction of sp³-hybridized carbons (Fsp3) is 0.935. The van der Waals surface area contributed by atoms with Crippen molar-refractivity contribution in [3.05, 3.63) is 12.3 Å². The molecule has 7 unspecified atom stereocenters. The van der Waals surface area contributed by atoms with Crippen molar-refractivity contribution in [3.63, 3.8) is 0 Å². The van der Waals surface area contributed by atoms with Gasteiger partial charge in [0.25, 0.3) is 0 Å². The Morgan fingerprint density at radius 2 is 1.50 bits per heavy atom. The normalized spacial score (nSPS) is 28.0. The van der Waals surface area contributed by atoms with E-state index >= 15 is 0 Å². The number of allylic oxidation sites excluding steroid dienone is 1. The molecule has 1 aliphatic rings. The van der Waals surface area contributed by atoms with Crippen LogP contribution in [0.5, 0.6) is 0 Å². The number of hydrogen-bond donors (Lipinski definition) is 1. The number of hydrogen-bond acceptors (Lipinski definition) is 1. The third-order valence-corrected chi connectivity index (χ3v) is 9.90. The van der Waals surface area contributed by atoms with E-state index < -0.39 is 0 Å². The van der Waals surface area contributed by atoms with Crippen molar-refractivity contribution in [3.8, 4) is 0 Å². The van der Waals surface area contributed by atoms with Gasteiger partial charge in [-0.15, -0.1) is 0 Å². The van der Waals surface area contributed by atoms with Crippen LogP contribution in [0.15, 0.2) is 12.3 Å². The highest BCUT2D eigenvalue weighted by molar-refractivity contribution is 4.91. The maximum Gasteiger partial charge on any atom is 0.0143 e. The molecule has 0 bridgehead atoms. The first-order valence-electron chi connectivity index (χ1n) is 14.7. The first-order valence-corrected chi connectivity index (χ1v) is 14.7. The Kier molecular flexibility index (Phi) is 15.0. The summed E-state index contributed by atoms with van der Waals surface area (Å²) in [6.07, 6.45) is 16.2. The third-order valence-electron chi connectivity index (χ3n) is 9.90. The first-order chi connectivity index (χ1) is 15.3. The topological polar surface area (TPSA) is 12.0 Å². The van der Waals surface area contributed by atoms with Gasteiger partial charge >= 0.3 is 0 Å². The molecule has 1 N–H and O–H groups in total. The lowest BCUT2D eigenvalue weighted by atomic mass is 9.62. The molecule has 32 heavy (non-hydrogen) atoms. The van der Waals surface area contributed by atoms with Gasteiger partial charge in [0.05, 0.1) is 0 Å². The quantitative estimate of drug-likeness (QED) is 0.219. The third kappa shape index (κ3) is 9.42. The van der Waals surface area contributed by atoms with E-state index in [-0.39, 0.29) is 0 Å². The minimum Gasteiger partial charge on any atom is -0.389 e. The predicted octanol–water partition coefficient (Wildman–Crippen LogP) is 9.87. The molecule has 0 amide bonds. The summed E-state index contributed by atoms with van der Waals surface area (Å²) in [4.78, 5) is 0. The Bertz CT molecular complexity index is 477. The van der Waals surface area contributed by atoms with Crippen LogP contribution in [0.2, 0.25) is 0 Å². The van der Waals surface area contributed by atoms with E-state index in [1.165, 1.54) is 76.3 Å². The summed E-state index contributed by atoms with van der Waals surface area (Å²) in [5, 5.41) is 3.63. The Morgan fingerprint density at radius 1 is 0.844 bits per heavy atom. The minimum absolute atomic E-state index is 0.847. The maximum atomic E-state index is 4.31. The van der Waals surface area contributed by atoms with Crippen LogP contribution in [-0.2, 0) is 0 Å². The van der Waals surface area contributed by atoms with Gasteiger partial charge in [0.2, 0.25) is 0 Å². The second-order valence-electron chi connectivity index (χ2n) is 11.6. The molecule has 0 aromatic carbocycles. The van der Waals surface area contributed by atoms with Crippen molar-refractivity contribution >= 4 is 0 Å². The van der Waals surface area contributed by atoms with Crippen molar-refractivity contribution in [1.82, 2.24) is 5.32 Å². The maximum absolute atomic E-state index is 4.31. The fourth-order valence-corrected chi connectivity index (χ4v) is 7.08. The van der Waals surface area contributed by atoms with Crippen molar-refractivity contribution in [2.24, 2.45) is 47.3 Å². The lowest BCUT2D eigenvalue weighted by molar-refractivity contribution is 0.0588. The van der Waals surface area contributed by atoms with Crippen molar-refractivity contribution in [2.75, 3.05) is 6.54 Å². The van der Waals surface area contributed by atoms with Crippen LogP contribution >= 0.6 is 0 Å². The highest BCUT2D eigenvalue weighted by Crippen LogP contribution is 2.45. The average molecular weight is 448 g/mol. The van der Waals surface area contributed by atoms with Crippen LogP contribution in [0.4, 0.5) is 0 Å². The van der Waals surface area contributed by atoms with Gasteiger partial charge in [-0.25, -0.2) is 0 Å². The Balaban J connectivity index is 2.16. The molecule has 0 aromatic rings. The zero-order chi connectivity index (χ0) is 24.1. The summed E-state index contributed by atoms with van der Waals surface area (Å²) in [6, 6.07) is 0. The van der Waals surface area contributed by atoms with Gasteiger partial charge in [-0.1, -0.05) is 107 Å². The minimum atomic E-state index is 0.847. The van der Waals surface area contributed by atoms with Gasteiger partial charge in [0, 0.05) is 12.2 Å². The van der Waals surface area contributed by atoms with E-state index in [0.717, 1.165) is 60.3 Å². The highest BCUT2D eigenvalue weighted by Gasteiger charge is 2.36. The smallest absolute Gasteiger partial charge is 0.0143 e. The molecule has 1 saturated carbocycles. The van der Waals surface area contributed by atoms with Crippen LogP contribution in [-0.4, -0.2) is 6.54 Å². The molecule has 0 saturated heterocycles. The van der Waals surface area contributed by atoms with Gasteiger partial charge in [-0.2, -0.15) is 0 Å². The van der Waals surface area contributed by atoms with Gasteiger partial charge in [-0.3, -0.25) is 0 Å². The predicted molar refractivity (Wildman–Crippen MR) is 146 cm³/mol. The van der Waals surface area contributed by atoms with Gasteiger partial charge < -0.3 is 5.32 Å². The second kappa shape index (κ2) is 16.2.